The molecule has 0 amide bonds. The number of hydrogen-bond acceptors (Lipinski definition) is 6. The maximum Gasteiger partial charge on any atom is 0.335 e. The smallest absolute Gasteiger partial charge is 0.335 e. The van der Waals surface area contributed by atoms with Crippen LogP contribution in [0.25, 0.3) is 11.5 Å². The monoisotopic (exact) mass is 460 g/mol. The van der Waals surface area contributed by atoms with Gasteiger partial charge in [-0.1, -0.05) is 30.3 Å². The van der Waals surface area contributed by atoms with Crippen LogP contribution in [0.3, 0.4) is 0 Å². The van der Waals surface area contributed by atoms with E-state index in [0.717, 1.165) is 39.5 Å². The van der Waals surface area contributed by atoms with Crippen molar-refractivity contribution in [3.8, 4) is 17.2 Å². The van der Waals surface area contributed by atoms with Crippen LogP contribution in [0.5, 0.6) is 5.75 Å². The Balaban J connectivity index is 1.37. The lowest BCUT2D eigenvalue weighted by molar-refractivity contribution is -0.149. The molecule has 0 atom stereocenters. The first kappa shape index (κ1) is 23.8. The molecule has 1 aliphatic heterocycles. The number of benzene rings is 2. The molecule has 2 heterocycles. The zero-order valence-corrected chi connectivity index (χ0v) is 20.3. The summed E-state index contributed by atoms with van der Waals surface area (Å²) >= 11 is 0. The van der Waals surface area contributed by atoms with E-state index < -0.39 is 5.60 Å². The van der Waals surface area contributed by atoms with Crippen LogP contribution in [0.1, 0.15) is 37.8 Å². The van der Waals surface area contributed by atoms with Crippen LogP contribution < -0.4 is 10.1 Å². The molecule has 0 saturated carbocycles. The summed E-state index contributed by atoms with van der Waals surface area (Å²) in [4.78, 5) is 17.2. The molecule has 0 aliphatic carbocycles. The molecule has 0 saturated heterocycles. The maximum absolute atomic E-state index is 12.6. The molecule has 1 N–H and O–H groups in total. The predicted octanol–water partition coefficient (Wildman–Crippen LogP) is 5.06. The average molecular weight is 461 g/mol. The summed E-state index contributed by atoms with van der Waals surface area (Å²) in [6, 6.07) is 17.9. The van der Waals surface area contributed by atoms with Gasteiger partial charge in [-0.15, -0.1) is 0 Å². The van der Waals surface area contributed by atoms with Crippen molar-refractivity contribution in [3.63, 3.8) is 0 Å². The molecule has 6 nitrogen and oxygen atoms in total. The minimum atomic E-state index is -0.504. The number of nitrogens with zero attached hydrogens (tertiary/aromatic N) is 1. The fourth-order valence-electron chi connectivity index (χ4n) is 3.92. The van der Waals surface area contributed by atoms with Crippen molar-refractivity contribution in [1.82, 2.24) is 10.3 Å². The first-order valence-corrected chi connectivity index (χ1v) is 11.7. The number of aromatic nitrogens is 1. The third kappa shape index (κ3) is 6.14. The largest absolute Gasteiger partial charge is 0.493 e. The lowest BCUT2D eigenvalue weighted by Gasteiger charge is -2.20. The fraction of sp³-hybridized carbons (Fsp3) is 0.357. The number of oxazole rings is 1. The average Bonchev–Trinajstić information content (AvgIpc) is 3.40. The van der Waals surface area contributed by atoms with Gasteiger partial charge in [-0.25, -0.2) is 9.78 Å². The van der Waals surface area contributed by atoms with Gasteiger partial charge in [0.1, 0.15) is 17.1 Å². The van der Waals surface area contributed by atoms with Crippen molar-refractivity contribution in [2.24, 2.45) is 0 Å². The molecule has 0 bridgehead atoms. The number of nitrogens with one attached hydrogen (secondary N) is 1. The zero-order valence-electron chi connectivity index (χ0n) is 20.3. The van der Waals surface area contributed by atoms with Crippen molar-refractivity contribution in [2.75, 3.05) is 19.7 Å². The Hall–Kier alpha value is -3.38. The van der Waals surface area contributed by atoms with Crippen molar-refractivity contribution in [3.05, 3.63) is 82.8 Å². The first-order chi connectivity index (χ1) is 16.3. The van der Waals surface area contributed by atoms with Gasteiger partial charge in [-0.3, -0.25) is 0 Å². The zero-order chi connectivity index (χ0) is 24.1. The summed E-state index contributed by atoms with van der Waals surface area (Å²) in [5.74, 6) is 2.01. The summed E-state index contributed by atoms with van der Waals surface area (Å²) in [5, 5.41) is 3.27. The van der Waals surface area contributed by atoms with Gasteiger partial charge in [0.2, 0.25) is 5.89 Å². The van der Waals surface area contributed by atoms with Crippen LogP contribution in [0.2, 0.25) is 0 Å². The molecule has 4 rings (SSSR count). The van der Waals surface area contributed by atoms with Gasteiger partial charge in [0, 0.05) is 25.1 Å². The van der Waals surface area contributed by atoms with E-state index in [1.165, 1.54) is 0 Å². The standard InChI is InChI=1S/C28H32N2O4/c1-19-25(30-26(33-19)21-10-6-5-7-11-21)13-14-32-23-12-8-9-20(16-23)15-22-17-29-18-24(22)27(31)34-28(2,3)4/h5-12,16,29H,13-15,17-18H2,1-4H3. The molecule has 178 valence electrons. The third-order valence-corrected chi connectivity index (χ3v) is 5.55. The Morgan fingerprint density at radius 3 is 2.65 bits per heavy atom. The fourth-order valence-corrected chi connectivity index (χ4v) is 3.92. The van der Waals surface area contributed by atoms with E-state index in [9.17, 15) is 4.79 Å². The molecule has 2 aromatic carbocycles. The van der Waals surface area contributed by atoms with Gasteiger partial charge in [0.15, 0.2) is 0 Å². The number of rotatable bonds is 8. The molecule has 0 radical (unpaired) electrons. The number of carbonyl (C=O) groups excluding carboxylic acids is 1. The highest BCUT2D eigenvalue weighted by Gasteiger charge is 2.25. The van der Waals surface area contributed by atoms with E-state index >= 15 is 0 Å². The summed E-state index contributed by atoms with van der Waals surface area (Å²) in [6.07, 6.45) is 1.34. The second kappa shape index (κ2) is 10.3. The van der Waals surface area contributed by atoms with Crippen molar-refractivity contribution >= 4 is 5.97 Å². The van der Waals surface area contributed by atoms with Crippen LogP contribution in [-0.2, 0) is 22.4 Å². The van der Waals surface area contributed by atoms with E-state index in [2.05, 4.69) is 16.4 Å². The Bertz CT molecular complexity index is 1170. The predicted molar refractivity (Wildman–Crippen MR) is 132 cm³/mol. The van der Waals surface area contributed by atoms with E-state index in [-0.39, 0.29) is 5.97 Å². The second-order valence-corrected chi connectivity index (χ2v) is 9.50. The van der Waals surface area contributed by atoms with E-state index in [1.807, 2.05) is 76.2 Å². The highest BCUT2D eigenvalue weighted by molar-refractivity contribution is 5.91. The van der Waals surface area contributed by atoms with Gasteiger partial charge in [0.25, 0.3) is 0 Å². The number of carbonyl (C=O) groups is 1. The number of ether oxygens (including phenoxy) is 2. The molecule has 3 aromatic rings. The van der Waals surface area contributed by atoms with Crippen LogP contribution >= 0.6 is 0 Å². The molecule has 1 aliphatic rings. The lowest BCUT2D eigenvalue weighted by Crippen LogP contribution is -2.26. The van der Waals surface area contributed by atoms with Crippen LogP contribution in [0.4, 0.5) is 0 Å². The van der Waals surface area contributed by atoms with Crippen LogP contribution in [0.15, 0.2) is 70.2 Å². The van der Waals surface area contributed by atoms with E-state index in [0.29, 0.717) is 38.4 Å². The lowest BCUT2D eigenvalue weighted by atomic mass is 10.0. The number of esters is 1. The third-order valence-electron chi connectivity index (χ3n) is 5.55. The van der Waals surface area contributed by atoms with Gasteiger partial charge < -0.3 is 19.2 Å². The van der Waals surface area contributed by atoms with Crippen molar-refractivity contribution in [2.45, 2.75) is 46.1 Å². The molecule has 6 heteroatoms. The molecule has 0 unspecified atom stereocenters. The summed E-state index contributed by atoms with van der Waals surface area (Å²) in [6.45, 7) is 9.32. The highest BCUT2D eigenvalue weighted by atomic mass is 16.6. The minimum absolute atomic E-state index is 0.238. The Morgan fingerprint density at radius 1 is 1.09 bits per heavy atom. The quantitative estimate of drug-likeness (QED) is 0.474. The highest BCUT2D eigenvalue weighted by Crippen LogP contribution is 2.24. The van der Waals surface area contributed by atoms with Crippen molar-refractivity contribution in [1.29, 1.82) is 0 Å². The Labute approximate surface area is 201 Å². The van der Waals surface area contributed by atoms with E-state index in [4.69, 9.17) is 13.9 Å². The van der Waals surface area contributed by atoms with Crippen LogP contribution in [-0.4, -0.2) is 36.3 Å². The second-order valence-electron chi connectivity index (χ2n) is 9.50. The van der Waals surface area contributed by atoms with Crippen molar-refractivity contribution < 1.29 is 18.7 Å². The normalized spacial score (nSPS) is 13.9. The molecule has 0 fully saturated rings. The molecular weight excluding hydrogens is 428 g/mol. The van der Waals surface area contributed by atoms with Gasteiger partial charge in [-0.05, 0) is 69.5 Å². The summed E-state index contributed by atoms with van der Waals surface area (Å²) < 4.78 is 17.4. The van der Waals surface area contributed by atoms with Crippen LogP contribution in [0, 0.1) is 6.92 Å². The maximum atomic E-state index is 12.6. The summed E-state index contributed by atoms with van der Waals surface area (Å²) in [7, 11) is 0. The van der Waals surface area contributed by atoms with Gasteiger partial charge in [-0.2, -0.15) is 0 Å². The first-order valence-electron chi connectivity index (χ1n) is 11.7. The molecule has 34 heavy (non-hydrogen) atoms. The topological polar surface area (TPSA) is 73.6 Å². The Morgan fingerprint density at radius 2 is 1.88 bits per heavy atom. The SMILES string of the molecule is Cc1oc(-c2ccccc2)nc1CCOc1cccc(CC2=C(C(=O)OC(C)(C)C)CNC2)c1. The van der Waals surface area contributed by atoms with Gasteiger partial charge >= 0.3 is 5.97 Å². The molecule has 1 aromatic heterocycles. The minimum Gasteiger partial charge on any atom is -0.493 e. The number of hydrogen-bond donors (Lipinski definition) is 1. The summed E-state index contributed by atoms with van der Waals surface area (Å²) in [5.41, 5.74) is 4.26. The van der Waals surface area contributed by atoms with Gasteiger partial charge in [0.05, 0.1) is 17.9 Å². The molecule has 0 spiro atoms. The molecular formula is C28H32N2O4. The number of aryl methyl sites for hydroxylation is 1. The Kier molecular flexibility index (Phi) is 7.17. The van der Waals surface area contributed by atoms with E-state index in [1.54, 1.807) is 0 Å².